The van der Waals surface area contributed by atoms with Gasteiger partial charge in [0.05, 0.1) is 0 Å². The highest BCUT2D eigenvalue weighted by Crippen LogP contribution is 2.44. The monoisotopic (exact) mass is 464 g/mol. The van der Waals surface area contributed by atoms with E-state index in [1.165, 1.54) is 11.1 Å². The number of carboxylic acid groups (broad SMARTS) is 1. The largest absolute Gasteiger partial charge is 0.481 e. The molecule has 0 heterocycles. The Morgan fingerprint density at radius 1 is 1.00 bits per heavy atom. The Labute approximate surface area is 199 Å². The molecule has 180 valence electrons. The lowest BCUT2D eigenvalue weighted by Gasteiger charge is -2.35. The number of nitrogens with one attached hydrogen (secondary N) is 2. The van der Waals surface area contributed by atoms with Crippen LogP contribution in [0.4, 0.5) is 4.79 Å². The van der Waals surface area contributed by atoms with Gasteiger partial charge >= 0.3 is 12.1 Å². The Morgan fingerprint density at radius 2 is 1.59 bits per heavy atom. The number of ether oxygens (including phenoxy) is 1. The number of carbonyl (C=O) groups is 3. The van der Waals surface area contributed by atoms with E-state index in [4.69, 9.17) is 9.84 Å². The zero-order valence-electron chi connectivity index (χ0n) is 19.6. The van der Waals surface area contributed by atoms with E-state index in [-0.39, 0.29) is 55.2 Å². The van der Waals surface area contributed by atoms with Crippen molar-refractivity contribution in [2.24, 2.45) is 11.8 Å². The summed E-state index contributed by atoms with van der Waals surface area (Å²) in [5.41, 5.74) is 4.65. The van der Waals surface area contributed by atoms with Gasteiger partial charge in [-0.15, -0.1) is 0 Å². The van der Waals surface area contributed by atoms with Crippen molar-refractivity contribution in [3.05, 3.63) is 59.7 Å². The molecule has 1 saturated carbocycles. The van der Waals surface area contributed by atoms with Gasteiger partial charge in [0.15, 0.2) is 0 Å². The van der Waals surface area contributed by atoms with Crippen molar-refractivity contribution in [2.75, 3.05) is 6.61 Å². The summed E-state index contributed by atoms with van der Waals surface area (Å²) in [5, 5.41) is 14.7. The van der Waals surface area contributed by atoms with Gasteiger partial charge in [0.1, 0.15) is 6.61 Å². The van der Waals surface area contributed by atoms with Gasteiger partial charge in [0.25, 0.3) is 0 Å². The van der Waals surface area contributed by atoms with Crippen LogP contribution in [0.3, 0.4) is 0 Å². The minimum atomic E-state index is -0.804. The van der Waals surface area contributed by atoms with Crippen LogP contribution in [0.25, 0.3) is 11.1 Å². The van der Waals surface area contributed by atoms with Crippen LogP contribution < -0.4 is 10.6 Å². The molecule has 2 aliphatic carbocycles. The lowest BCUT2D eigenvalue weighted by Crippen LogP contribution is -2.48. The van der Waals surface area contributed by atoms with Crippen molar-refractivity contribution in [3.63, 3.8) is 0 Å². The molecule has 2 aliphatic rings. The molecule has 0 aromatic heterocycles. The van der Waals surface area contributed by atoms with Gasteiger partial charge in [0, 0.05) is 30.8 Å². The molecule has 0 saturated heterocycles. The number of aliphatic carboxylic acids is 1. The first kappa shape index (κ1) is 23.8. The minimum Gasteiger partial charge on any atom is -0.481 e. The molecule has 1 atom stereocenters. The van der Waals surface area contributed by atoms with Crippen LogP contribution in [0.2, 0.25) is 0 Å². The fraction of sp³-hybridized carbons (Fsp3) is 0.444. The summed E-state index contributed by atoms with van der Waals surface area (Å²) in [4.78, 5) is 35.9. The molecule has 2 aromatic rings. The molecule has 3 N–H and O–H groups in total. The summed E-state index contributed by atoms with van der Waals surface area (Å²) in [6.07, 6.45) is 1.14. The van der Waals surface area contributed by atoms with Crippen LogP contribution in [-0.4, -0.2) is 41.8 Å². The number of hydrogen-bond donors (Lipinski definition) is 3. The van der Waals surface area contributed by atoms with E-state index in [0.29, 0.717) is 12.8 Å². The summed E-state index contributed by atoms with van der Waals surface area (Å²) in [7, 11) is 0. The van der Waals surface area contributed by atoms with Gasteiger partial charge in [-0.25, -0.2) is 4.79 Å². The highest BCUT2D eigenvalue weighted by Gasteiger charge is 2.33. The fourth-order valence-electron chi connectivity index (χ4n) is 5.00. The van der Waals surface area contributed by atoms with Crippen LogP contribution in [-0.2, 0) is 14.3 Å². The lowest BCUT2D eigenvalue weighted by molar-refractivity contribution is -0.139. The number of amides is 2. The Hall–Kier alpha value is -3.35. The zero-order valence-corrected chi connectivity index (χ0v) is 19.6. The van der Waals surface area contributed by atoms with Crippen LogP contribution >= 0.6 is 0 Å². The summed E-state index contributed by atoms with van der Waals surface area (Å²) in [5.74, 6) is -0.787. The molecule has 0 aliphatic heterocycles. The summed E-state index contributed by atoms with van der Waals surface area (Å²) < 4.78 is 5.63. The first-order valence-electron chi connectivity index (χ1n) is 11.9. The van der Waals surface area contributed by atoms with Gasteiger partial charge in [-0.2, -0.15) is 0 Å². The summed E-state index contributed by atoms with van der Waals surface area (Å²) >= 11 is 0. The lowest BCUT2D eigenvalue weighted by atomic mass is 9.78. The highest BCUT2D eigenvalue weighted by molar-refractivity contribution is 5.80. The summed E-state index contributed by atoms with van der Waals surface area (Å²) in [6.45, 7) is 4.13. The summed E-state index contributed by atoms with van der Waals surface area (Å²) in [6, 6.07) is 16.0. The Bertz CT molecular complexity index is 1010. The number of hydrogen-bond acceptors (Lipinski definition) is 4. The topological polar surface area (TPSA) is 105 Å². The number of alkyl carbamates (subject to hydrolysis) is 1. The van der Waals surface area contributed by atoms with E-state index in [0.717, 1.165) is 11.1 Å². The second-order valence-corrected chi connectivity index (χ2v) is 9.72. The van der Waals surface area contributed by atoms with Gasteiger partial charge in [-0.3, -0.25) is 9.59 Å². The van der Waals surface area contributed by atoms with E-state index in [1.807, 2.05) is 38.1 Å². The third-order valence-corrected chi connectivity index (χ3v) is 6.92. The highest BCUT2D eigenvalue weighted by atomic mass is 16.5. The Morgan fingerprint density at radius 3 is 2.15 bits per heavy atom. The second-order valence-electron chi connectivity index (χ2n) is 9.72. The molecule has 1 fully saturated rings. The maximum Gasteiger partial charge on any atom is 0.407 e. The van der Waals surface area contributed by atoms with Crippen molar-refractivity contribution in [2.45, 2.75) is 57.5 Å². The third-order valence-electron chi connectivity index (χ3n) is 6.92. The number of fused-ring (bicyclic) bond motifs is 3. The molecule has 2 amide bonds. The van der Waals surface area contributed by atoms with Crippen LogP contribution in [0.1, 0.15) is 56.6 Å². The first-order valence-corrected chi connectivity index (χ1v) is 11.9. The maximum absolute atomic E-state index is 12.6. The molecule has 0 spiro atoms. The van der Waals surface area contributed by atoms with Crippen LogP contribution in [0.5, 0.6) is 0 Å². The van der Waals surface area contributed by atoms with E-state index < -0.39 is 12.1 Å². The average molecular weight is 465 g/mol. The smallest absolute Gasteiger partial charge is 0.407 e. The maximum atomic E-state index is 12.6. The van der Waals surface area contributed by atoms with E-state index >= 15 is 0 Å². The fourth-order valence-corrected chi connectivity index (χ4v) is 5.00. The van der Waals surface area contributed by atoms with Crippen LogP contribution in [0, 0.1) is 11.8 Å². The number of rotatable bonds is 9. The standard InChI is InChI=1S/C27H32N2O5/c1-16(2)24(14-25(30)28-18-11-17(12-18)13-26(31)32)29-27(33)34-15-23-21-9-5-3-7-19(21)20-8-4-6-10-22(20)23/h3-10,16-18,23-24H,11-15H2,1-2H3,(H,28,30)(H,29,33)(H,31,32)/t17?,18?,24-/m1/s1. The van der Waals surface area contributed by atoms with Crippen molar-refractivity contribution in [1.29, 1.82) is 0 Å². The average Bonchev–Trinajstić information content (AvgIpc) is 3.09. The van der Waals surface area contributed by atoms with Gasteiger partial charge in [-0.1, -0.05) is 62.4 Å². The number of benzene rings is 2. The van der Waals surface area contributed by atoms with E-state index in [1.54, 1.807) is 0 Å². The van der Waals surface area contributed by atoms with Crippen molar-refractivity contribution >= 4 is 18.0 Å². The zero-order chi connectivity index (χ0) is 24.2. The van der Waals surface area contributed by atoms with Gasteiger partial charge in [0.2, 0.25) is 5.91 Å². The Balaban J connectivity index is 1.28. The number of carbonyl (C=O) groups excluding carboxylic acids is 2. The second kappa shape index (κ2) is 10.3. The molecule has 0 radical (unpaired) electrons. The van der Waals surface area contributed by atoms with Crippen molar-refractivity contribution in [3.8, 4) is 11.1 Å². The molecule has 7 nitrogen and oxygen atoms in total. The van der Waals surface area contributed by atoms with E-state index in [2.05, 4.69) is 34.9 Å². The van der Waals surface area contributed by atoms with Gasteiger partial charge in [-0.05, 0) is 46.9 Å². The van der Waals surface area contributed by atoms with Gasteiger partial charge < -0.3 is 20.5 Å². The molecule has 7 heteroatoms. The predicted octanol–water partition coefficient (Wildman–Crippen LogP) is 4.31. The molecule has 4 rings (SSSR count). The molecule has 34 heavy (non-hydrogen) atoms. The Kier molecular flexibility index (Phi) is 7.20. The minimum absolute atomic E-state index is 0.0131. The SMILES string of the molecule is CC(C)[C@@H](CC(=O)NC1CC(CC(=O)O)C1)NC(=O)OCC1c2ccccc2-c2ccccc21. The third kappa shape index (κ3) is 5.41. The molecular weight excluding hydrogens is 432 g/mol. The molecular formula is C27H32N2O5. The normalized spacial score (nSPS) is 19.5. The first-order chi connectivity index (χ1) is 16.3. The van der Waals surface area contributed by atoms with Crippen molar-refractivity contribution in [1.82, 2.24) is 10.6 Å². The van der Waals surface area contributed by atoms with E-state index in [9.17, 15) is 14.4 Å². The molecule has 0 unspecified atom stereocenters. The van der Waals surface area contributed by atoms with Crippen LogP contribution in [0.15, 0.2) is 48.5 Å². The predicted molar refractivity (Wildman–Crippen MR) is 128 cm³/mol. The molecule has 2 aromatic carbocycles. The quantitative estimate of drug-likeness (QED) is 0.513. The number of carboxylic acids is 1. The van der Waals surface area contributed by atoms with Crippen molar-refractivity contribution < 1.29 is 24.2 Å². The molecule has 0 bridgehead atoms.